The number of aromatic nitrogens is 1. The number of hydrogen-bond donors (Lipinski definition) is 1. The number of anilines is 1. The molecule has 2 aromatic carbocycles. The van der Waals surface area contributed by atoms with Crippen molar-refractivity contribution in [3.05, 3.63) is 42.0 Å². The topological polar surface area (TPSA) is 44.0 Å². The molecular weight excluding hydrogens is 448 g/mol. The standard InChI is InChI=1S/C30H42N4O2/c1-21(2)29-25-20-24(34-15-11-23(12-16-34)33-14-6-13-32(3)17-18-33)8-9-26(25)31-30(29)22-7-10-27(35-4)28(19-22)36-5/h7-10,19-21,23,31H,6,11-18H2,1-5H3. The smallest absolute Gasteiger partial charge is 0.161 e. The molecule has 2 fully saturated rings. The Balaban J connectivity index is 1.39. The van der Waals surface area contributed by atoms with E-state index in [-0.39, 0.29) is 0 Å². The van der Waals surface area contributed by atoms with Gasteiger partial charge in [-0.05, 0) is 87.3 Å². The summed E-state index contributed by atoms with van der Waals surface area (Å²) >= 11 is 0. The minimum absolute atomic E-state index is 0.393. The summed E-state index contributed by atoms with van der Waals surface area (Å²) in [6.07, 6.45) is 3.80. The van der Waals surface area contributed by atoms with Crippen molar-refractivity contribution in [1.29, 1.82) is 0 Å². The van der Waals surface area contributed by atoms with Crippen LogP contribution in [0.3, 0.4) is 0 Å². The van der Waals surface area contributed by atoms with Gasteiger partial charge in [-0.3, -0.25) is 4.90 Å². The van der Waals surface area contributed by atoms with Crippen LogP contribution in [0, 0.1) is 0 Å². The average Bonchev–Trinajstić information content (AvgIpc) is 3.16. The van der Waals surface area contributed by atoms with Crippen LogP contribution in [-0.2, 0) is 0 Å². The van der Waals surface area contributed by atoms with E-state index in [1.54, 1.807) is 14.2 Å². The zero-order valence-corrected chi connectivity index (χ0v) is 22.6. The Morgan fingerprint density at radius 1 is 0.861 bits per heavy atom. The molecule has 0 aliphatic carbocycles. The highest BCUT2D eigenvalue weighted by Crippen LogP contribution is 2.40. The Labute approximate surface area is 216 Å². The quantitative estimate of drug-likeness (QED) is 0.489. The molecule has 6 heteroatoms. The fraction of sp³-hybridized carbons (Fsp3) is 0.533. The Hall–Kier alpha value is -2.70. The summed E-state index contributed by atoms with van der Waals surface area (Å²) in [6, 6.07) is 13.9. The van der Waals surface area contributed by atoms with Crippen molar-refractivity contribution in [3.8, 4) is 22.8 Å². The molecule has 0 saturated carbocycles. The molecule has 6 nitrogen and oxygen atoms in total. The minimum atomic E-state index is 0.393. The monoisotopic (exact) mass is 490 g/mol. The van der Waals surface area contributed by atoms with Crippen molar-refractivity contribution in [2.75, 3.05) is 65.4 Å². The molecule has 0 bridgehead atoms. The van der Waals surface area contributed by atoms with Crippen LogP contribution in [0.1, 0.15) is 44.6 Å². The van der Waals surface area contributed by atoms with Gasteiger partial charge in [-0.25, -0.2) is 0 Å². The van der Waals surface area contributed by atoms with Crippen molar-refractivity contribution >= 4 is 16.6 Å². The first-order chi connectivity index (χ1) is 17.5. The van der Waals surface area contributed by atoms with Crippen LogP contribution in [0.15, 0.2) is 36.4 Å². The lowest BCUT2D eigenvalue weighted by atomic mass is 9.95. The van der Waals surface area contributed by atoms with Gasteiger partial charge in [0.05, 0.1) is 19.9 Å². The average molecular weight is 491 g/mol. The first kappa shape index (κ1) is 25.0. The maximum absolute atomic E-state index is 5.58. The molecule has 0 spiro atoms. The number of aromatic amines is 1. The number of nitrogens with zero attached hydrogens (tertiary/aromatic N) is 3. The summed E-state index contributed by atoms with van der Waals surface area (Å²) in [4.78, 5) is 11.5. The van der Waals surface area contributed by atoms with Gasteiger partial charge < -0.3 is 24.3 Å². The highest BCUT2D eigenvalue weighted by molar-refractivity contribution is 5.93. The van der Waals surface area contributed by atoms with E-state index in [0.717, 1.165) is 36.2 Å². The van der Waals surface area contributed by atoms with E-state index in [9.17, 15) is 0 Å². The second kappa shape index (κ2) is 10.7. The van der Waals surface area contributed by atoms with Gasteiger partial charge in [-0.2, -0.15) is 0 Å². The van der Waals surface area contributed by atoms with Crippen molar-refractivity contribution in [3.63, 3.8) is 0 Å². The summed E-state index contributed by atoms with van der Waals surface area (Å²) in [5.41, 5.74) is 6.19. The van der Waals surface area contributed by atoms with Gasteiger partial charge >= 0.3 is 0 Å². The third kappa shape index (κ3) is 4.94. The molecule has 0 atom stereocenters. The van der Waals surface area contributed by atoms with Crippen LogP contribution in [0.4, 0.5) is 5.69 Å². The fourth-order valence-corrected chi connectivity index (χ4v) is 6.14. The van der Waals surface area contributed by atoms with Crippen molar-refractivity contribution in [2.24, 2.45) is 0 Å². The van der Waals surface area contributed by atoms with Gasteiger partial charge in [0.2, 0.25) is 0 Å². The van der Waals surface area contributed by atoms with E-state index in [2.05, 4.69) is 70.9 Å². The predicted molar refractivity (Wildman–Crippen MR) is 150 cm³/mol. The summed E-state index contributed by atoms with van der Waals surface area (Å²) in [5, 5.41) is 1.32. The molecule has 3 heterocycles. The molecule has 36 heavy (non-hydrogen) atoms. The SMILES string of the molecule is COc1ccc(-c2[nH]c3ccc(N4CCC(N5CCCN(C)CC5)CC4)cc3c2C(C)C)cc1OC. The summed E-state index contributed by atoms with van der Waals surface area (Å²) in [6.45, 7) is 11.7. The molecule has 3 aromatic rings. The predicted octanol–water partition coefficient (Wildman–Crippen LogP) is 5.58. The van der Waals surface area contributed by atoms with Crippen molar-refractivity contribution in [1.82, 2.24) is 14.8 Å². The molecule has 5 rings (SSSR count). The van der Waals surface area contributed by atoms with Gasteiger partial charge in [0, 0.05) is 54.4 Å². The lowest BCUT2D eigenvalue weighted by Gasteiger charge is -2.39. The third-order valence-electron chi connectivity index (χ3n) is 8.17. The lowest BCUT2D eigenvalue weighted by Crippen LogP contribution is -2.46. The molecule has 0 radical (unpaired) electrons. The number of fused-ring (bicyclic) bond motifs is 1. The number of ether oxygens (including phenoxy) is 2. The maximum atomic E-state index is 5.58. The fourth-order valence-electron chi connectivity index (χ4n) is 6.14. The Morgan fingerprint density at radius 2 is 1.64 bits per heavy atom. The number of likely N-dealkylation sites (N-methyl/N-ethyl adjacent to an activating group) is 1. The zero-order valence-electron chi connectivity index (χ0n) is 22.6. The van der Waals surface area contributed by atoms with E-state index in [1.807, 2.05) is 6.07 Å². The molecule has 194 valence electrons. The van der Waals surface area contributed by atoms with E-state index in [0.29, 0.717) is 5.92 Å². The maximum Gasteiger partial charge on any atom is 0.161 e. The number of rotatable bonds is 6. The Kier molecular flexibility index (Phi) is 7.44. The summed E-state index contributed by atoms with van der Waals surface area (Å²) < 4.78 is 11.0. The Bertz CT molecular complexity index is 1180. The number of H-pyrrole nitrogens is 1. The van der Waals surface area contributed by atoms with E-state index in [4.69, 9.17) is 9.47 Å². The van der Waals surface area contributed by atoms with Gasteiger partial charge in [0.15, 0.2) is 11.5 Å². The molecular formula is C30H42N4O2. The third-order valence-corrected chi connectivity index (χ3v) is 8.17. The van der Waals surface area contributed by atoms with Crippen LogP contribution < -0.4 is 14.4 Å². The first-order valence-corrected chi connectivity index (χ1v) is 13.5. The molecule has 0 amide bonds. The second-order valence-electron chi connectivity index (χ2n) is 10.8. The molecule has 1 N–H and O–H groups in total. The lowest BCUT2D eigenvalue weighted by molar-refractivity contribution is 0.174. The van der Waals surface area contributed by atoms with Crippen LogP contribution >= 0.6 is 0 Å². The normalized spacial score (nSPS) is 18.7. The van der Waals surface area contributed by atoms with Gasteiger partial charge in [-0.1, -0.05) is 13.8 Å². The van der Waals surface area contributed by atoms with Crippen molar-refractivity contribution in [2.45, 2.75) is 45.1 Å². The van der Waals surface area contributed by atoms with Gasteiger partial charge in [0.25, 0.3) is 0 Å². The number of benzene rings is 2. The van der Waals surface area contributed by atoms with Crippen LogP contribution in [0.2, 0.25) is 0 Å². The zero-order chi connectivity index (χ0) is 25.2. The molecule has 2 aliphatic heterocycles. The highest BCUT2D eigenvalue weighted by Gasteiger charge is 2.26. The Morgan fingerprint density at radius 3 is 2.36 bits per heavy atom. The van der Waals surface area contributed by atoms with Crippen LogP contribution in [-0.4, -0.2) is 81.4 Å². The molecule has 1 aromatic heterocycles. The van der Waals surface area contributed by atoms with E-state index >= 15 is 0 Å². The van der Waals surface area contributed by atoms with Crippen LogP contribution in [0.25, 0.3) is 22.2 Å². The number of methoxy groups -OCH3 is 2. The number of piperidine rings is 1. The van der Waals surface area contributed by atoms with E-state index in [1.165, 1.54) is 73.3 Å². The van der Waals surface area contributed by atoms with Gasteiger partial charge in [-0.15, -0.1) is 0 Å². The summed E-state index contributed by atoms with van der Waals surface area (Å²) in [5.74, 6) is 1.90. The molecule has 2 saturated heterocycles. The molecule has 2 aliphatic rings. The molecule has 0 unspecified atom stereocenters. The van der Waals surface area contributed by atoms with Crippen molar-refractivity contribution < 1.29 is 9.47 Å². The van der Waals surface area contributed by atoms with Crippen LogP contribution in [0.5, 0.6) is 11.5 Å². The minimum Gasteiger partial charge on any atom is -0.493 e. The second-order valence-corrected chi connectivity index (χ2v) is 10.8. The number of hydrogen-bond acceptors (Lipinski definition) is 5. The largest absolute Gasteiger partial charge is 0.493 e. The first-order valence-electron chi connectivity index (χ1n) is 13.5. The van der Waals surface area contributed by atoms with E-state index < -0.39 is 0 Å². The number of nitrogens with one attached hydrogen (secondary N) is 1. The van der Waals surface area contributed by atoms with Gasteiger partial charge in [0.1, 0.15) is 0 Å². The highest BCUT2D eigenvalue weighted by atomic mass is 16.5. The summed E-state index contributed by atoms with van der Waals surface area (Å²) in [7, 11) is 5.62.